The first-order valence-electron chi connectivity index (χ1n) is 6.42. The highest BCUT2D eigenvalue weighted by atomic mass is 16.2. The zero-order valence-corrected chi connectivity index (χ0v) is 11.5. The molecule has 102 valence electrons. The Morgan fingerprint density at radius 1 is 1.42 bits per heavy atom. The molecule has 19 heavy (non-hydrogen) atoms. The predicted molar refractivity (Wildman–Crippen MR) is 74.1 cm³/mol. The molecule has 0 bridgehead atoms. The number of nitrogens with one attached hydrogen (secondary N) is 2. The first-order chi connectivity index (χ1) is 8.99. The second-order valence-corrected chi connectivity index (χ2v) is 4.91. The van der Waals surface area contributed by atoms with Crippen LogP contribution in [0.15, 0.2) is 18.2 Å². The maximum absolute atomic E-state index is 12.1. The minimum absolute atomic E-state index is 0.199. The highest BCUT2D eigenvalue weighted by molar-refractivity contribution is 5.99. The van der Waals surface area contributed by atoms with E-state index in [4.69, 9.17) is 0 Å². The van der Waals surface area contributed by atoms with Gasteiger partial charge in [0.15, 0.2) is 0 Å². The van der Waals surface area contributed by atoms with E-state index in [2.05, 4.69) is 16.7 Å². The molecule has 0 radical (unpaired) electrons. The Bertz CT molecular complexity index is 513. The summed E-state index contributed by atoms with van der Waals surface area (Å²) in [6.07, 6.45) is 0. The monoisotopic (exact) mass is 261 g/mol. The normalized spacial score (nSPS) is 16.2. The maximum atomic E-state index is 12.1. The number of hydrogen-bond donors (Lipinski definition) is 2. The summed E-state index contributed by atoms with van der Waals surface area (Å²) >= 11 is 0. The molecule has 1 aliphatic heterocycles. The van der Waals surface area contributed by atoms with Crippen molar-refractivity contribution in [3.63, 3.8) is 0 Å². The van der Waals surface area contributed by atoms with Crippen molar-refractivity contribution in [2.24, 2.45) is 0 Å². The fourth-order valence-electron chi connectivity index (χ4n) is 2.19. The van der Waals surface area contributed by atoms with Crippen LogP contribution in [0.5, 0.6) is 0 Å². The summed E-state index contributed by atoms with van der Waals surface area (Å²) in [6, 6.07) is 5.28. The van der Waals surface area contributed by atoms with Gasteiger partial charge in [-0.05, 0) is 32.4 Å². The van der Waals surface area contributed by atoms with Crippen molar-refractivity contribution in [2.75, 3.05) is 18.4 Å². The Labute approximate surface area is 113 Å². The number of carbonyl (C=O) groups is 2. The van der Waals surface area contributed by atoms with Gasteiger partial charge in [-0.3, -0.25) is 9.69 Å². The van der Waals surface area contributed by atoms with Gasteiger partial charge in [-0.1, -0.05) is 17.7 Å². The van der Waals surface area contributed by atoms with Gasteiger partial charge in [0, 0.05) is 18.8 Å². The maximum Gasteiger partial charge on any atom is 0.324 e. The summed E-state index contributed by atoms with van der Waals surface area (Å²) in [4.78, 5) is 24.8. The predicted octanol–water partition coefficient (Wildman–Crippen LogP) is 1.66. The molecular formula is C14H19N3O2. The SMILES string of the molecule is Cc1ccc(N[C@@H](C)C(=O)N2CCNC2=O)c(C)c1. The van der Waals surface area contributed by atoms with E-state index in [1.165, 1.54) is 10.5 Å². The van der Waals surface area contributed by atoms with Gasteiger partial charge in [0.05, 0.1) is 0 Å². The molecule has 1 fully saturated rings. The van der Waals surface area contributed by atoms with Crippen molar-refractivity contribution in [1.29, 1.82) is 0 Å². The second kappa shape index (κ2) is 5.30. The Balaban J connectivity index is 2.06. The van der Waals surface area contributed by atoms with E-state index in [0.717, 1.165) is 11.3 Å². The lowest BCUT2D eigenvalue weighted by Gasteiger charge is -2.20. The van der Waals surface area contributed by atoms with Crippen LogP contribution in [0.1, 0.15) is 18.1 Å². The van der Waals surface area contributed by atoms with Crippen LogP contribution in [0.25, 0.3) is 0 Å². The van der Waals surface area contributed by atoms with Crippen LogP contribution in [0.3, 0.4) is 0 Å². The number of hydrogen-bond acceptors (Lipinski definition) is 3. The number of amides is 3. The van der Waals surface area contributed by atoms with Crippen LogP contribution < -0.4 is 10.6 Å². The average molecular weight is 261 g/mol. The lowest BCUT2D eigenvalue weighted by atomic mass is 10.1. The van der Waals surface area contributed by atoms with Crippen LogP contribution in [0.2, 0.25) is 0 Å². The van der Waals surface area contributed by atoms with Crippen molar-refractivity contribution in [1.82, 2.24) is 10.2 Å². The molecule has 0 saturated carbocycles. The summed E-state index contributed by atoms with van der Waals surface area (Å²) in [5, 5.41) is 5.79. The van der Waals surface area contributed by atoms with Crippen LogP contribution >= 0.6 is 0 Å². The number of carbonyl (C=O) groups excluding carboxylic acids is 2. The topological polar surface area (TPSA) is 61.4 Å². The summed E-state index contributed by atoms with van der Waals surface area (Å²) in [5.74, 6) is -0.199. The minimum atomic E-state index is -0.426. The van der Waals surface area contributed by atoms with Crippen molar-refractivity contribution >= 4 is 17.6 Å². The van der Waals surface area contributed by atoms with Gasteiger partial charge in [-0.2, -0.15) is 0 Å². The lowest BCUT2D eigenvalue weighted by Crippen LogP contribution is -2.43. The van der Waals surface area contributed by atoms with E-state index in [0.29, 0.717) is 13.1 Å². The van der Waals surface area contributed by atoms with Gasteiger partial charge in [-0.25, -0.2) is 4.79 Å². The van der Waals surface area contributed by atoms with Crippen molar-refractivity contribution in [3.8, 4) is 0 Å². The molecule has 0 aromatic heterocycles. The zero-order chi connectivity index (χ0) is 14.0. The number of rotatable bonds is 3. The Kier molecular flexibility index (Phi) is 3.74. The van der Waals surface area contributed by atoms with Crippen molar-refractivity contribution < 1.29 is 9.59 Å². The van der Waals surface area contributed by atoms with Crippen LogP contribution in [0.4, 0.5) is 10.5 Å². The molecule has 2 rings (SSSR count). The van der Waals surface area contributed by atoms with E-state index in [-0.39, 0.29) is 11.9 Å². The first-order valence-corrected chi connectivity index (χ1v) is 6.42. The zero-order valence-electron chi connectivity index (χ0n) is 11.5. The van der Waals surface area contributed by atoms with E-state index >= 15 is 0 Å². The number of imide groups is 1. The standard InChI is InChI=1S/C14H19N3O2/c1-9-4-5-12(10(2)8-9)16-11(3)13(18)17-7-6-15-14(17)19/h4-5,8,11,16H,6-7H2,1-3H3,(H,15,19)/t11-/m0/s1. The fourth-order valence-corrected chi connectivity index (χ4v) is 2.19. The summed E-state index contributed by atoms with van der Waals surface area (Å²) < 4.78 is 0. The summed E-state index contributed by atoms with van der Waals surface area (Å²) in [7, 11) is 0. The van der Waals surface area contributed by atoms with Gasteiger partial charge in [0.1, 0.15) is 6.04 Å². The van der Waals surface area contributed by atoms with Gasteiger partial charge in [0.25, 0.3) is 5.91 Å². The Morgan fingerprint density at radius 3 is 2.74 bits per heavy atom. The highest BCUT2D eigenvalue weighted by Crippen LogP contribution is 2.17. The lowest BCUT2D eigenvalue weighted by molar-refractivity contribution is -0.128. The molecule has 5 heteroatoms. The number of urea groups is 1. The molecule has 0 unspecified atom stereocenters. The van der Waals surface area contributed by atoms with Gasteiger partial charge < -0.3 is 10.6 Å². The number of anilines is 1. The molecule has 1 aromatic carbocycles. The Hall–Kier alpha value is -2.04. The smallest absolute Gasteiger partial charge is 0.324 e. The fraction of sp³-hybridized carbons (Fsp3) is 0.429. The summed E-state index contributed by atoms with van der Waals surface area (Å²) in [5.41, 5.74) is 3.19. The molecule has 1 heterocycles. The third-order valence-electron chi connectivity index (χ3n) is 3.25. The molecule has 1 aliphatic rings. The number of benzene rings is 1. The van der Waals surface area contributed by atoms with Crippen LogP contribution in [-0.4, -0.2) is 36.0 Å². The highest BCUT2D eigenvalue weighted by Gasteiger charge is 2.29. The molecule has 2 N–H and O–H groups in total. The van der Waals surface area contributed by atoms with E-state index in [1.807, 2.05) is 26.0 Å². The van der Waals surface area contributed by atoms with Crippen molar-refractivity contribution in [2.45, 2.75) is 26.8 Å². The largest absolute Gasteiger partial charge is 0.374 e. The minimum Gasteiger partial charge on any atom is -0.374 e. The van der Waals surface area contributed by atoms with E-state index in [9.17, 15) is 9.59 Å². The van der Waals surface area contributed by atoms with Gasteiger partial charge in [-0.15, -0.1) is 0 Å². The molecule has 5 nitrogen and oxygen atoms in total. The van der Waals surface area contributed by atoms with Crippen LogP contribution in [-0.2, 0) is 4.79 Å². The number of aryl methyl sites for hydroxylation is 2. The van der Waals surface area contributed by atoms with Gasteiger partial charge >= 0.3 is 6.03 Å². The average Bonchev–Trinajstić information content (AvgIpc) is 2.78. The van der Waals surface area contributed by atoms with E-state index in [1.54, 1.807) is 6.92 Å². The Morgan fingerprint density at radius 2 is 2.16 bits per heavy atom. The summed E-state index contributed by atoms with van der Waals surface area (Å²) in [6.45, 7) is 6.76. The van der Waals surface area contributed by atoms with Crippen molar-refractivity contribution in [3.05, 3.63) is 29.3 Å². The van der Waals surface area contributed by atoms with E-state index < -0.39 is 6.04 Å². The molecule has 3 amide bonds. The molecule has 1 atom stereocenters. The second-order valence-electron chi connectivity index (χ2n) is 4.91. The quantitative estimate of drug-likeness (QED) is 0.869. The third kappa shape index (κ3) is 2.86. The first kappa shape index (κ1) is 13.4. The molecule has 1 saturated heterocycles. The third-order valence-corrected chi connectivity index (χ3v) is 3.25. The molecule has 0 aliphatic carbocycles. The number of nitrogens with zero attached hydrogens (tertiary/aromatic N) is 1. The molecule has 1 aromatic rings. The van der Waals surface area contributed by atoms with Crippen LogP contribution in [0, 0.1) is 13.8 Å². The molecule has 0 spiro atoms. The van der Waals surface area contributed by atoms with Gasteiger partial charge in [0.2, 0.25) is 0 Å². The molecular weight excluding hydrogens is 242 g/mol.